The Morgan fingerprint density at radius 1 is 1.41 bits per heavy atom. The van der Waals surface area contributed by atoms with E-state index in [9.17, 15) is 9.90 Å². The van der Waals surface area contributed by atoms with Gasteiger partial charge in [0.1, 0.15) is 12.1 Å². The number of rotatable bonds is 5. The van der Waals surface area contributed by atoms with Gasteiger partial charge in [0, 0.05) is 42.5 Å². The number of piperidine rings is 1. The summed E-state index contributed by atoms with van der Waals surface area (Å²) < 4.78 is 0. The van der Waals surface area contributed by atoms with Crippen molar-refractivity contribution in [3.8, 4) is 17.2 Å². The van der Waals surface area contributed by atoms with Crippen molar-refractivity contribution in [1.29, 1.82) is 5.26 Å². The van der Waals surface area contributed by atoms with E-state index in [0.717, 1.165) is 46.3 Å². The van der Waals surface area contributed by atoms with E-state index >= 15 is 0 Å². The Morgan fingerprint density at radius 2 is 2.31 bits per heavy atom. The molecule has 1 aliphatic heterocycles. The van der Waals surface area contributed by atoms with Crippen molar-refractivity contribution in [1.82, 2.24) is 14.9 Å². The third-order valence-electron chi connectivity index (χ3n) is 5.36. The number of aliphatic hydroxyl groups excluding tert-OH is 1. The molecule has 3 aromatic rings. The Balaban J connectivity index is 1.68. The van der Waals surface area contributed by atoms with Crippen molar-refractivity contribution in [2.45, 2.75) is 31.9 Å². The summed E-state index contributed by atoms with van der Waals surface area (Å²) in [6.07, 6.45) is 5.45. The number of aliphatic hydroxyl groups is 1. The third-order valence-corrected chi connectivity index (χ3v) is 5.36. The Morgan fingerprint density at radius 3 is 3.14 bits per heavy atom. The lowest BCUT2D eigenvalue weighted by Gasteiger charge is -2.34. The van der Waals surface area contributed by atoms with Gasteiger partial charge in [0.15, 0.2) is 0 Å². The minimum Gasteiger partial charge on any atom is -0.392 e. The lowest BCUT2D eigenvalue weighted by molar-refractivity contribution is -0.131. The third kappa shape index (κ3) is 3.93. The topological polar surface area (TPSA) is 105 Å². The summed E-state index contributed by atoms with van der Waals surface area (Å²) in [5.74, 6) is -0.114. The Kier molecular flexibility index (Phi) is 5.45. The van der Waals surface area contributed by atoms with E-state index in [4.69, 9.17) is 5.26 Å². The van der Waals surface area contributed by atoms with Gasteiger partial charge in [-0.3, -0.25) is 4.79 Å². The van der Waals surface area contributed by atoms with Crippen LogP contribution < -0.4 is 5.32 Å². The van der Waals surface area contributed by atoms with Crippen LogP contribution in [0.15, 0.2) is 42.7 Å². The molecule has 0 radical (unpaired) electrons. The zero-order chi connectivity index (χ0) is 20.2. The van der Waals surface area contributed by atoms with E-state index in [1.165, 1.54) is 0 Å². The summed E-state index contributed by atoms with van der Waals surface area (Å²) in [4.78, 5) is 21.6. The number of hydrogen-bond donors (Lipinski definition) is 3. The molecule has 29 heavy (non-hydrogen) atoms. The van der Waals surface area contributed by atoms with Crippen LogP contribution in [0.5, 0.6) is 0 Å². The molecule has 4 rings (SSSR count). The lowest BCUT2D eigenvalue weighted by Crippen LogP contribution is -2.45. The molecule has 3 heterocycles. The minimum atomic E-state index is -0.114. The van der Waals surface area contributed by atoms with Gasteiger partial charge in [0.05, 0.1) is 18.4 Å². The number of carbonyl (C=O) groups is 1. The predicted molar refractivity (Wildman–Crippen MR) is 111 cm³/mol. The normalized spacial score (nSPS) is 16.6. The molecule has 1 aliphatic rings. The molecule has 1 atom stereocenters. The second-order valence-corrected chi connectivity index (χ2v) is 7.30. The van der Waals surface area contributed by atoms with E-state index in [1.807, 2.05) is 48.8 Å². The summed E-state index contributed by atoms with van der Waals surface area (Å²) in [7, 11) is 0. The first-order chi connectivity index (χ1) is 14.2. The van der Waals surface area contributed by atoms with Crippen molar-refractivity contribution < 1.29 is 9.90 Å². The molecular weight excluding hydrogens is 366 g/mol. The number of nitrogens with one attached hydrogen (secondary N) is 2. The summed E-state index contributed by atoms with van der Waals surface area (Å²) in [5.41, 5.74) is 4.53. The van der Waals surface area contributed by atoms with Crippen molar-refractivity contribution in [3.63, 3.8) is 0 Å². The van der Waals surface area contributed by atoms with Gasteiger partial charge in [-0.1, -0.05) is 18.2 Å². The molecule has 1 fully saturated rings. The Hall–Kier alpha value is -3.37. The fourth-order valence-corrected chi connectivity index (χ4v) is 3.92. The van der Waals surface area contributed by atoms with Gasteiger partial charge in [-0.25, -0.2) is 4.98 Å². The van der Waals surface area contributed by atoms with Gasteiger partial charge >= 0.3 is 0 Å². The number of anilines is 1. The second-order valence-electron chi connectivity index (χ2n) is 7.30. The average molecular weight is 389 g/mol. The molecule has 7 heteroatoms. The summed E-state index contributed by atoms with van der Waals surface area (Å²) in [6.45, 7) is 1.25. The van der Waals surface area contributed by atoms with Crippen LogP contribution in [0.3, 0.4) is 0 Å². The number of carbonyl (C=O) groups excluding carboxylic acids is 1. The van der Waals surface area contributed by atoms with E-state index in [1.54, 1.807) is 4.90 Å². The number of aromatic amines is 1. The first-order valence-electron chi connectivity index (χ1n) is 9.77. The molecule has 0 bridgehead atoms. The molecule has 0 unspecified atom stereocenters. The first-order valence-corrected chi connectivity index (χ1v) is 9.77. The number of hydrogen-bond acceptors (Lipinski definition) is 5. The number of benzene rings is 1. The maximum absolute atomic E-state index is 12.2. The van der Waals surface area contributed by atoms with Crippen LogP contribution in [0.1, 0.15) is 24.8 Å². The highest BCUT2D eigenvalue weighted by Gasteiger charge is 2.25. The predicted octanol–water partition coefficient (Wildman–Crippen LogP) is 3.04. The van der Waals surface area contributed by atoms with E-state index in [-0.39, 0.29) is 25.0 Å². The smallest absolute Gasteiger partial charge is 0.236 e. The standard InChI is InChI=1S/C22H23N5O2/c23-8-6-20(29)27-10-2-5-17(13-27)26-21-18-7-9-24-22(18)25-12-19(21)16-4-1-3-15(11-16)14-28/h1,3-4,7,9,11-12,17,28H,2,5-6,10,13-14H2,(H2,24,25,26)/t17-/m1/s1. The largest absolute Gasteiger partial charge is 0.392 e. The zero-order valence-corrected chi connectivity index (χ0v) is 16.1. The molecular formula is C22H23N5O2. The van der Waals surface area contributed by atoms with E-state index < -0.39 is 0 Å². The fraction of sp³-hybridized carbons (Fsp3) is 0.318. The number of amides is 1. The minimum absolute atomic E-state index is 0.0188. The molecule has 7 nitrogen and oxygen atoms in total. The summed E-state index contributed by atoms with van der Waals surface area (Å²) >= 11 is 0. The van der Waals surface area contributed by atoms with Crippen LogP contribution in [0.25, 0.3) is 22.2 Å². The first kappa shape index (κ1) is 19.0. The van der Waals surface area contributed by atoms with Crippen LogP contribution in [0.4, 0.5) is 5.69 Å². The molecule has 0 saturated carbocycles. The Bertz CT molecular complexity index is 1070. The molecule has 2 aromatic heterocycles. The number of nitrogens with zero attached hydrogens (tertiary/aromatic N) is 3. The van der Waals surface area contributed by atoms with Gasteiger partial charge in [-0.05, 0) is 36.1 Å². The summed E-state index contributed by atoms with van der Waals surface area (Å²) in [5, 5.41) is 23.0. The van der Waals surface area contributed by atoms with Crippen LogP contribution in [0.2, 0.25) is 0 Å². The maximum Gasteiger partial charge on any atom is 0.236 e. The Labute approximate surface area is 169 Å². The van der Waals surface area contributed by atoms with Gasteiger partial charge in [0.2, 0.25) is 5.91 Å². The number of fused-ring (bicyclic) bond motifs is 1. The molecule has 1 amide bonds. The quantitative estimate of drug-likeness (QED) is 0.622. The monoisotopic (exact) mass is 389 g/mol. The van der Waals surface area contributed by atoms with Crippen LogP contribution >= 0.6 is 0 Å². The van der Waals surface area contributed by atoms with Crippen LogP contribution in [0, 0.1) is 11.3 Å². The number of H-pyrrole nitrogens is 1. The highest BCUT2D eigenvalue weighted by Crippen LogP contribution is 2.35. The highest BCUT2D eigenvalue weighted by atomic mass is 16.3. The number of likely N-dealkylation sites (tertiary alicyclic amines) is 1. The lowest BCUT2D eigenvalue weighted by atomic mass is 9.99. The van der Waals surface area contributed by atoms with Crippen molar-refractivity contribution in [2.75, 3.05) is 18.4 Å². The van der Waals surface area contributed by atoms with E-state index in [0.29, 0.717) is 13.1 Å². The van der Waals surface area contributed by atoms with Gasteiger partial charge in [-0.2, -0.15) is 5.26 Å². The van der Waals surface area contributed by atoms with Crippen molar-refractivity contribution in [2.24, 2.45) is 0 Å². The van der Waals surface area contributed by atoms with E-state index in [2.05, 4.69) is 15.3 Å². The molecule has 0 spiro atoms. The zero-order valence-electron chi connectivity index (χ0n) is 16.1. The SMILES string of the molecule is N#CCC(=O)N1CCC[C@@H](Nc2c(-c3cccc(CO)c3)cnc3[nH]ccc23)C1. The van der Waals surface area contributed by atoms with Crippen LogP contribution in [-0.2, 0) is 11.4 Å². The van der Waals surface area contributed by atoms with Gasteiger partial charge < -0.3 is 20.3 Å². The van der Waals surface area contributed by atoms with Crippen LogP contribution in [-0.4, -0.2) is 45.0 Å². The summed E-state index contributed by atoms with van der Waals surface area (Å²) in [6, 6.07) is 11.8. The number of aromatic nitrogens is 2. The highest BCUT2D eigenvalue weighted by molar-refractivity contribution is 5.98. The molecule has 3 N–H and O–H groups in total. The fourth-order valence-electron chi connectivity index (χ4n) is 3.92. The maximum atomic E-state index is 12.2. The van der Waals surface area contributed by atoms with Crippen molar-refractivity contribution in [3.05, 3.63) is 48.3 Å². The molecule has 0 aliphatic carbocycles. The number of nitriles is 1. The van der Waals surface area contributed by atoms with Gasteiger partial charge in [0.25, 0.3) is 0 Å². The molecule has 148 valence electrons. The van der Waals surface area contributed by atoms with Gasteiger partial charge in [-0.15, -0.1) is 0 Å². The average Bonchev–Trinajstić information content (AvgIpc) is 3.24. The molecule has 1 aromatic carbocycles. The van der Waals surface area contributed by atoms with Crippen molar-refractivity contribution >= 4 is 22.6 Å². The molecule has 1 saturated heterocycles. The number of pyridine rings is 1. The second kappa shape index (κ2) is 8.33.